The molecular formula is C14H19FN2O. The monoisotopic (exact) mass is 250 g/mol. The average Bonchev–Trinajstić information content (AvgIpc) is 2.75. The summed E-state index contributed by atoms with van der Waals surface area (Å²) in [6.45, 7) is 1.73. The van der Waals surface area contributed by atoms with Crippen LogP contribution in [0.25, 0.3) is 0 Å². The molecule has 0 radical (unpaired) electrons. The predicted octanol–water partition coefficient (Wildman–Crippen LogP) is 1.99. The van der Waals surface area contributed by atoms with E-state index in [4.69, 9.17) is 0 Å². The number of nitrogens with zero attached hydrogens (tertiary/aromatic N) is 2. The maximum absolute atomic E-state index is 13.5. The van der Waals surface area contributed by atoms with Crippen molar-refractivity contribution in [3.63, 3.8) is 0 Å². The van der Waals surface area contributed by atoms with Gasteiger partial charge in [-0.15, -0.1) is 0 Å². The van der Waals surface area contributed by atoms with Crippen molar-refractivity contribution in [1.82, 2.24) is 9.80 Å². The van der Waals surface area contributed by atoms with E-state index >= 15 is 0 Å². The number of amides is 1. The van der Waals surface area contributed by atoms with Crippen LogP contribution >= 0.6 is 0 Å². The third-order valence-corrected chi connectivity index (χ3v) is 3.61. The summed E-state index contributed by atoms with van der Waals surface area (Å²) in [5.41, 5.74) is 0.153. The van der Waals surface area contributed by atoms with Crippen LogP contribution < -0.4 is 0 Å². The number of hydrogen-bond donors (Lipinski definition) is 0. The molecule has 1 aromatic carbocycles. The summed E-state index contributed by atoms with van der Waals surface area (Å²) in [4.78, 5) is 16.0. The molecule has 0 N–H and O–H groups in total. The van der Waals surface area contributed by atoms with Crippen LogP contribution in [0.1, 0.15) is 23.2 Å². The van der Waals surface area contributed by atoms with Crippen LogP contribution in [0.2, 0.25) is 0 Å². The molecule has 1 fully saturated rings. The van der Waals surface area contributed by atoms with Crippen LogP contribution in [-0.2, 0) is 0 Å². The molecule has 18 heavy (non-hydrogen) atoms. The van der Waals surface area contributed by atoms with Crippen molar-refractivity contribution in [2.24, 2.45) is 0 Å². The zero-order valence-electron chi connectivity index (χ0n) is 10.9. The van der Waals surface area contributed by atoms with Gasteiger partial charge in [0, 0.05) is 19.6 Å². The van der Waals surface area contributed by atoms with E-state index in [1.54, 1.807) is 24.1 Å². The number of carbonyl (C=O) groups excluding carboxylic acids is 1. The Hall–Kier alpha value is -1.42. The molecule has 1 saturated heterocycles. The highest BCUT2D eigenvalue weighted by molar-refractivity contribution is 5.94. The molecule has 1 unspecified atom stereocenters. The van der Waals surface area contributed by atoms with E-state index in [1.165, 1.54) is 18.6 Å². The maximum atomic E-state index is 13.5. The first kappa shape index (κ1) is 13.0. The van der Waals surface area contributed by atoms with Gasteiger partial charge >= 0.3 is 0 Å². The minimum absolute atomic E-state index is 0.153. The van der Waals surface area contributed by atoms with Crippen LogP contribution in [0.5, 0.6) is 0 Å². The third kappa shape index (κ3) is 2.70. The summed E-state index contributed by atoms with van der Waals surface area (Å²) in [5, 5.41) is 0. The van der Waals surface area contributed by atoms with Gasteiger partial charge in [0.15, 0.2) is 0 Å². The van der Waals surface area contributed by atoms with E-state index in [0.29, 0.717) is 12.6 Å². The second-order valence-corrected chi connectivity index (χ2v) is 4.94. The Labute approximate surface area is 107 Å². The summed E-state index contributed by atoms with van der Waals surface area (Å²) in [5.74, 6) is -0.692. The van der Waals surface area contributed by atoms with Gasteiger partial charge in [0.05, 0.1) is 5.56 Å². The first-order valence-electron chi connectivity index (χ1n) is 6.30. The topological polar surface area (TPSA) is 23.6 Å². The van der Waals surface area contributed by atoms with Crippen molar-refractivity contribution < 1.29 is 9.18 Å². The van der Waals surface area contributed by atoms with Crippen molar-refractivity contribution in [2.45, 2.75) is 18.9 Å². The second-order valence-electron chi connectivity index (χ2n) is 4.94. The molecule has 0 saturated carbocycles. The number of halogens is 1. The molecule has 0 aliphatic carbocycles. The van der Waals surface area contributed by atoms with Crippen molar-refractivity contribution in [3.05, 3.63) is 35.6 Å². The van der Waals surface area contributed by atoms with Crippen LogP contribution in [0.3, 0.4) is 0 Å². The van der Waals surface area contributed by atoms with E-state index in [2.05, 4.69) is 11.9 Å². The van der Waals surface area contributed by atoms with Gasteiger partial charge in [0.2, 0.25) is 0 Å². The lowest BCUT2D eigenvalue weighted by Crippen LogP contribution is -2.39. The van der Waals surface area contributed by atoms with E-state index in [9.17, 15) is 9.18 Å². The minimum Gasteiger partial charge on any atom is -0.340 e. The van der Waals surface area contributed by atoms with Crippen molar-refractivity contribution in [1.29, 1.82) is 0 Å². The first-order valence-corrected chi connectivity index (χ1v) is 6.30. The number of likely N-dealkylation sites (tertiary alicyclic amines) is 1. The second kappa shape index (κ2) is 5.48. The summed E-state index contributed by atoms with van der Waals surface area (Å²) in [6.07, 6.45) is 2.27. The average molecular weight is 250 g/mol. The molecule has 0 bridgehead atoms. The Balaban J connectivity index is 2.03. The smallest absolute Gasteiger partial charge is 0.256 e. The summed E-state index contributed by atoms with van der Waals surface area (Å²) < 4.78 is 13.5. The molecule has 98 valence electrons. The van der Waals surface area contributed by atoms with Gasteiger partial charge in [-0.3, -0.25) is 4.79 Å². The zero-order valence-corrected chi connectivity index (χ0v) is 10.9. The highest BCUT2D eigenvalue weighted by atomic mass is 19.1. The van der Waals surface area contributed by atoms with Crippen LogP contribution in [0, 0.1) is 5.82 Å². The Bertz CT molecular complexity index is 436. The largest absolute Gasteiger partial charge is 0.340 e. The predicted molar refractivity (Wildman–Crippen MR) is 69.0 cm³/mol. The third-order valence-electron chi connectivity index (χ3n) is 3.61. The van der Waals surface area contributed by atoms with Gasteiger partial charge in [-0.05, 0) is 38.6 Å². The number of hydrogen-bond acceptors (Lipinski definition) is 2. The van der Waals surface area contributed by atoms with Gasteiger partial charge in [-0.25, -0.2) is 4.39 Å². The van der Waals surface area contributed by atoms with E-state index in [-0.39, 0.29) is 11.5 Å². The van der Waals surface area contributed by atoms with Crippen LogP contribution in [-0.4, -0.2) is 48.9 Å². The molecule has 0 aromatic heterocycles. The number of carbonyl (C=O) groups is 1. The molecule has 4 heteroatoms. The SMILES string of the molecule is CN(CC1CCCN1C)C(=O)c1ccccc1F. The van der Waals surface area contributed by atoms with Crippen molar-refractivity contribution in [2.75, 3.05) is 27.2 Å². The Morgan fingerprint density at radius 2 is 2.22 bits per heavy atom. The van der Waals surface area contributed by atoms with Gasteiger partial charge in [-0.2, -0.15) is 0 Å². The molecule has 0 spiro atoms. The van der Waals surface area contributed by atoms with Crippen molar-refractivity contribution >= 4 is 5.91 Å². The van der Waals surface area contributed by atoms with Gasteiger partial charge in [0.1, 0.15) is 5.82 Å². The van der Waals surface area contributed by atoms with Gasteiger partial charge in [0.25, 0.3) is 5.91 Å². The molecule has 2 rings (SSSR count). The maximum Gasteiger partial charge on any atom is 0.256 e. The van der Waals surface area contributed by atoms with E-state index in [1.807, 2.05) is 0 Å². The Morgan fingerprint density at radius 3 is 2.83 bits per heavy atom. The lowest BCUT2D eigenvalue weighted by Gasteiger charge is -2.26. The summed E-state index contributed by atoms with van der Waals surface area (Å²) in [7, 11) is 3.81. The fourth-order valence-corrected chi connectivity index (χ4v) is 2.45. The fourth-order valence-electron chi connectivity index (χ4n) is 2.45. The molecule has 1 atom stereocenters. The number of likely N-dealkylation sites (N-methyl/N-ethyl adjacent to an activating group) is 2. The zero-order chi connectivity index (χ0) is 13.1. The fraction of sp³-hybridized carbons (Fsp3) is 0.500. The van der Waals surface area contributed by atoms with Gasteiger partial charge in [-0.1, -0.05) is 12.1 Å². The molecule has 3 nitrogen and oxygen atoms in total. The molecule has 1 aromatic rings. The lowest BCUT2D eigenvalue weighted by atomic mass is 10.1. The van der Waals surface area contributed by atoms with E-state index < -0.39 is 5.82 Å². The summed E-state index contributed by atoms with van der Waals surface area (Å²) in [6, 6.07) is 6.53. The molecular weight excluding hydrogens is 231 g/mol. The van der Waals surface area contributed by atoms with Gasteiger partial charge < -0.3 is 9.80 Å². The number of benzene rings is 1. The Kier molecular flexibility index (Phi) is 3.97. The Morgan fingerprint density at radius 1 is 1.50 bits per heavy atom. The lowest BCUT2D eigenvalue weighted by molar-refractivity contribution is 0.0757. The highest BCUT2D eigenvalue weighted by Crippen LogP contribution is 2.17. The molecule has 1 amide bonds. The highest BCUT2D eigenvalue weighted by Gasteiger charge is 2.25. The van der Waals surface area contributed by atoms with Crippen molar-refractivity contribution in [3.8, 4) is 0 Å². The number of rotatable bonds is 3. The van der Waals surface area contributed by atoms with E-state index in [0.717, 1.165) is 13.0 Å². The molecule has 1 aliphatic rings. The van der Waals surface area contributed by atoms with Crippen LogP contribution in [0.4, 0.5) is 4.39 Å². The quantitative estimate of drug-likeness (QED) is 0.819. The van der Waals surface area contributed by atoms with Crippen LogP contribution in [0.15, 0.2) is 24.3 Å². The minimum atomic E-state index is -0.450. The molecule has 1 aliphatic heterocycles. The molecule has 1 heterocycles. The summed E-state index contributed by atoms with van der Waals surface area (Å²) >= 11 is 0. The normalized spacial score (nSPS) is 20.1. The standard InChI is InChI=1S/C14H19FN2O/c1-16-9-5-6-11(16)10-17(2)14(18)12-7-3-4-8-13(12)15/h3-4,7-8,11H,5-6,9-10H2,1-2H3. The first-order chi connectivity index (χ1) is 8.59.